The van der Waals surface area contributed by atoms with Crippen molar-refractivity contribution in [3.05, 3.63) is 41.7 Å². The van der Waals surface area contributed by atoms with Crippen LogP contribution in [0.25, 0.3) is 5.57 Å². The molecule has 7 nitrogen and oxygen atoms in total. The lowest BCUT2D eigenvalue weighted by Gasteiger charge is -2.22. The monoisotopic (exact) mass is 356 g/mol. The molecule has 7 heteroatoms. The zero-order chi connectivity index (χ0) is 18.7. The summed E-state index contributed by atoms with van der Waals surface area (Å²) in [6, 6.07) is 7.06. The molecule has 1 aliphatic heterocycles. The number of methoxy groups -OCH3 is 2. The normalized spacial score (nSPS) is 14.7. The fraction of sp³-hybridized carbons (Fsp3) is 0.368. The number of anilines is 1. The Kier molecular flexibility index (Phi) is 5.27. The number of carbonyl (C=O) groups excluding carboxylic acids is 1. The van der Waals surface area contributed by atoms with E-state index < -0.39 is 0 Å². The third kappa shape index (κ3) is 3.88. The Morgan fingerprint density at radius 3 is 2.42 bits per heavy atom. The Morgan fingerprint density at radius 1 is 1.12 bits per heavy atom. The third-order valence-corrected chi connectivity index (χ3v) is 4.39. The van der Waals surface area contributed by atoms with Gasteiger partial charge in [0.15, 0.2) is 5.69 Å². The molecule has 3 rings (SSSR count). The maximum absolute atomic E-state index is 12.6. The number of likely N-dealkylation sites (N-methyl/N-ethyl adjacent to an activating group) is 1. The highest BCUT2D eigenvalue weighted by Crippen LogP contribution is 2.26. The molecule has 0 fully saturated rings. The molecular formula is C19H24N4O3. The summed E-state index contributed by atoms with van der Waals surface area (Å²) in [4.78, 5) is 14.9. The Morgan fingerprint density at radius 2 is 1.81 bits per heavy atom. The lowest BCUT2D eigenvalue weighted by molar-refractivity contribution is 0.102. The van der Waals surface area contributed by atoms with Gasteiger partial charge in [-0.1, -0.05) is 6.08 Å². The molecule has 0 aliphatic carbocycles. The number of aromatic nitrogens is 2. The van der Waals surface area contributed by atoms with Crippen LogP contribution in [0.2, 0.25) is 0 Å². The Hall–Kier alpha value is -2.80. The number of rotatable bonds is 5. The minimum atomic E-state index is -0.271. The summed E-state index contributed by atoms with van der Waals surface area (Å²) in [5.41, 5.74) is 3.12. The number of aryl methyl sites for hydroxylation is 1. The quantitative estimate of drug-likeness (QED) is 0.891. The molecule has 0 atom stereocenters. The minimum Gasteiger partial charge on any atom is -0.497 e. The van der Waals surface area contributed by atoms with E-state index in [0.717, 1.165) is 25.2 Å². The average molecular weight is 356 g/mol. The fourth-order valence-electron chi connectivity index (χ4n) is 3.03. The average Bonchev–Trinajstić information content (AvgIpc) is 3.03. The van der Waals surface area contributed by atoms with Crippen molar-refractivity contribution in [3.63, 3.8) is 0 Å². The second kappa shape index (κ2) is 7.61. The van der Waals surface area contributed by atoms with Gasteiger partial charge in [0.05, 0.1) is 19.9 Å². The van der Waals surface area contributed by atoms with Crippen LogP contribution in [0.15, 0.2) is 30.3 Å². The number of nitrogens with zero attached hydrogens (tertiary/aromatic N) is 3. The van der Waals surface area contributed by atoms with Crippen LogP contribution in [-0.4, -0.2) is 54.9 Å². The molecule has 2 heterocycles. The van der Waals surface area contributed by atoms with Gasteiger partial charge in [-0.3, -0.25) is 9.48 Å². The van der Waals surface area contributed by atoms with Crippen LogP contribution < -0.4 is 14.8 Å². The number of benzene rings is 1. The summed E-state index contributed by atoms with van der Waals surface area (Å²) in [5.74, 6) is 0.945. The van der Waals surface area contributed by atoms with E-state index in [2.05, 4.69) is 28.4 Å². The lowest BCUT2D eigenvalue weighted by atomic mass is 10.1. The lowest BCUT2D eigenvalue weighted by Crippen LogP contribution is -2.25. The molecule has 0 spiro atoms. The zero-order valence-corrected chi connectivity index (χ0v) is 15.6. The molecule has 1 amide bonds. The highest BCUT2D eigenvalue weighted by molar-refractivity contribution is 6.03. The third-order valence-electron chi connectivity index (χ3n) is 4.39. The minimum absolute atomic E-state index is 0.271. The number of hydrogen-bond donors (Lipinski definition) is 1. The van der Waals surface area contributed by atoms with Gasteiger partial charge in [0, 0.05) is 44.0 Å². The summed E-state index contributed by atoms with van der Waals surface area (Å²) < 4.78 is 12.2. The van der Waals surface area contributed by atoms with E-state index >= 15 is 0 Å². The van der Waals surface area contributed by atoms with E-state index in [1.54, 1.807) is 37.1 Å². The molecule has 1 aliphatic rings. The second-order valence-corrected chi connectivity index (χ2v) is 6.35. The number of carbonyl (C=O) groups is 1. The van der Waals surface area contributed by atoms with E-state index in [1.165, 1.54) is 5.57 Å². The van der Waals surface area contributed by atoms with E-state index in [-0.39, 0.29) is 5.91 Å². The van der Waals surface area contributed by atoms with Gasteiger partial charge in [0.2, 0.25) is 0 Å². The van der Waals surface area contributed by atoms with Crippen LogP contribution in [0.4, 0.5) is 5.69 Å². The predicted molar refractivity (Wildman–Crippen MR) is 101 cm³/mol. The summed E-state index contributed by atoms with van der Waals surface area (Å²) in [6.07, 6.45) is 3.22. The van der Waals surface area contributed by atoms with Crippen molar-refractivity contribution < 1.29 is 14.3 Å². The van der Waals surface area contributed by atoms with Gasteiger partial charge in [-0.05, 0) is 25.1 Å². The molecule has 1 aromatic heterocycles. The van der Waals surface area contributed by atoms with Gasteiger partial charge in [-0.2, -0.15) is 5.10 Å². The van der Waals surface area contributed by atoms with Crippen molar-refractivity contribution in [1.82, 2.24) is 14.7 Å². The predicted octanol–water partition coefficient (Wildman–Crippen LogP) is 2.41. The summed E-state index contributed by atoms with van der Waals surface area (Å²) in [5, 5.41) is 7.23. The van der Waals surface area contributed by atoms with Crippen LogP contribution in [0.5, 0.6) is 11.5 Å². The maximum Gasteiger partial charge on any atom is 0.276 e. The zero-order valence-electron chi connectivity index (χ0n) is 15.6. The maximum atomic E-state index is 12.6. The Bertz CT molecular complexity index is 819. The highest BCUT2D eigenvalue weighted by atomic mass is 16.5. The van der Waals surface area contributed by atoms with Gasteiger partial charge in [0.1, 0.15) is 11.5 Å². The van der Waals surface area contributed by atoms with Gasteiger partial charge in [-0.25, -0.2) is 0 Å². The summed E-state index contributed by atoms with van der Waals surface area (Å²) in [6.45, 7) is 1.90. The smallest absolute Gasteiger partial charge is 0.276 e. The number of amides is 1. The van der Waals surface area contributed by atoms with Crippen LogP contribution in [0.1, 0.15) is 22.6 Å². The van der Waals surface area contributed by atoms with Crippen molar-refractivity contribution in [3.8, 4) is 11.5 Å². The van der Waals surface area contributed by atoms with Crippen molar-refractivity contribution in [2.45, 2.75) is 6.42 Å². The van der Waals surface area contributed by atoms with Crippen molar-refractivity contribution in [2.24, 2.45) is 7.05 Å². The molecule has 1 aromatic carbocycles. The van der Waals surface area contributed by atoms with Gasteiger partial charge < -0.3 is 19.7 Å². The van der Waals surface area contributed by atoms with Gasteiger partial charge >= 0.3 is 0 Å². The highest BCUT2D eigenvalue weighted by Gasteiger charge is 2.18. The van der Waals surface area contributed by atoms with E-state index in [4.69, 9.17) is 9.47 Å². The molecule has 0 bridgehead atoms. The topological polar surface area (TPSA) is 68.6 Å². The van der Waals surface area contributed by atoms with E-state index in [9.17, 15) is 4.79 Å². The molecular weight excluding hydrogens is 332 g/mol. The molecule has 2 aromatic rings. The molecule has 26 heavy (non-hydrogen) atoms. The Labute approximate surface area is 153 Å². The largest absolute Gasteiger partial charge is 0.497 e. The van der Waals surface area contributed by atoms with E-state index in [0.29, 0.717) is 22.9 Å². The first-order valence-corrected chi connectivity index (χ1v) is 8.46. The molecule has 0 radical (unpaired) electrons. The molecule has 138 valence electrons. The standard InChI is InChI=1S/C19H24N4O3/c1-22-7-5-6-13(12-22)18-11-17(21-23(18)2)19(24)20-14-8-15(25-3)10-16(9-14)26-4/h6,8-11H,5,7,12H2,1-4H3,(H,20,24). The van der Waals surface area contributed by atoms with Crippen molar-refractivity contribution >= 4 is 17.2 Å². The first-order chi connectivity index (χ1) is 12.5. The van der Waals surface area contributed by atoms with Gasteiger partial charge in [0.25, 0.3) is 5.91 Å². The van der Waals surface area contributed by atoms with E-state index in [1.807, 2.05) is 13.1 Å². The first kappa shape index (κ1) is 18.0. The molecule has 0 unspecified atom stereocenters. The SMILES string of the molecule is COc1cc(NC(=O)c2cc(C3=CCCN(C)C3)n(C)n2)cc(OC)c1. The first-order valence-electron chi connectivity index (χ1n) is 8.46. The van der Waals surface area contributed by atoms with Crippen molar-refractivity contribution in [2.75, 3.05) is 39.7 Å². The van der Waals surface area contributed by atoms with Crippen LogP contribution in [-0.2, 0) is 7.05 Å². The number of ether oxygens (including phenoxy) is 2. The van der Waals surface area contributed by atoms with Crippen LogP contribution in [0.3, 0.4) is 0 Å². The van der Waals surface area contributed by atoms with Gasteiger partial charge in [-0.15, -0.1) is 0 Å². The molecule has 1 N–H and O–H groups in total. The second-order valence-electron chi connectivity index (χ2n) is 6.35. The Balaban J connectivity index is 1.81. The number of nitrogens with one attached hydrogen (secondary N) is 1. The van der Waals surface area contributed by atoms with Crippen molar-refractivity contribution in [1.29, 1.82) is 0 Å². The molecule has 0 saturated carbocycles. The summed E-state index contributed by atoms with van der Waals surface area (Å²) in [7, 11) is 7.09. The van der Waals surface area contributed by atoms with Crippen LogP contribution in [0, 0.1) is 0 Å². The molecule has 0 saturated heterocycles. The number of hydrogen-bond acceptors (Lipinski definition) is 5. The van der Waals surface area contributed by atoms with Crippen LogP contribution >= 0.6 is 0 Å². The fourth-order valence-corrected chi connectivity index (χ4v) is 3.03. The summed E-state index contributed by atoms with van der Waals surface area (Å²) >= 11 is 0.